The minimum atomic E-state index is -0.208. The second kappa shape index (κ2) is 7.69. The number of carbonyl (C=O) groups excluding carboxylic acids is 1. The van der Waals surface area contributed by atoms with E-state index in [4.69, 9.17) is 4.98 Å². The first-order valence-electron chi connectivity index (χ1n) is 9.57. The number of aryl methyl sites for hydroxylation is 1. The Balaban J connectivity index is 1.78. The Morgan fingerprint density at radius 3 is 2.39 bits per heavy atom. The van der Waals surface area contributed by atoms with Crippen molar-refractivity contribution in [3.8, 4) is 11.3 Å². The van der Waals surface area contributed by atoms with Gasteiger partial charge in [0.15, 0.2) is 0 Å². The minimum Gasteiger partial charge on any atom is -0.309 e. The molecule has 2 heterocycles. The Morgan fingerprint density at radius 2 is 1.71 bits per heavy atom. The first-order chi connectivity index (χ1) is 13.7. The number of nitrogens with one attached hydrogen (secondary N) is 1. The lowest BCUT2D eigenvalue weighted by atomic mass is 9.95. The molecule has 28 heavy (non-hydrogen) atoms. The Morgan fingerprint density at radius 1 is 1.04 bits per heavy atom. The molecule has 2 aromatic heterocycles. The fourth-order valence-corrected chi connectivity index (χ4v) is 3.52. The zero-order valence-electron chi connectivity index (χ0n) is 16.1. The average Bonchev–Trinajstić information content (AvgIpc) is 3.07. The van der Waals surface area contributed by atoms with Gasteiger partial charge in [0.05, 0.1) is 5.92 Å². The third-order valence-corrected chi connectivity index (χ3v) is 5.00. The van der Waals surface area contributed by atoms with E-state index in [0.717, 1.165) is 34.5 Å². The molecule has 0 fully saturated rings. The van der Waals surface area contributed by atoms with Gasteiger partial charge in [0.2, 0.25) is 5.91 Å². The van der Waals surface area contributed by atoms with Gasteiger partial charge in [0.25, 0.3) is 0 Å². The number of rotatable bonds is 5. The van der Waals surface area contributed by atoms with E-state index < -0.39 is 0 Å². The average molecular weight is 369 g/mol. The van der Waals surface area contributed by atoms with Gasteiger partial charge in [-0.1, -0.05) is 67.6 Å². The SMILES string of the molecule is CCC(C(=O)Nc1c(-c2ccccc2)nc2cc(C)ccn12)c1ccccc1. The monoisotopic (exact) mass is 369 g/mol. The van der Waals surface area contributed by atoms with E-state index in [1.165, 1.54) is 0 Å². The number of benzene rings is 2. The normalized spacial score (nSPS) is 12.1. The Hall–Kier alpha value is -3.40. The van der Waals surface area contributed by atoms with E-state index in [9.17, 15) is 4.79 Å². The summed E-state index contributed by atoms with van der Waals surface area (Å²) in [5, 5.41) is 3.16. The highest BCUT2D eigenvalue weighted by molar-refractivity contribution is 5.98. The van der Waals surface area contributed by atoms with Crippen LogP contribution >= 0.6 is 0 Å². The molecule has 1 atom stereocenters. The van der Waals surface area contributed by atoms with Gasteiger partial charge in [0, 0.05) is 11.8 Å². The topological polar surface area (TPSA) is 46.4 Å². The summed E-state index contributed by atoms with van der Waals surface area (Å²) >= 11 is 0. The van der Waals surface area contributed by atoms with Crippen LogP contribution in [0.15, 0.2) is 79.0 Å². The van der Waals surface area contributed by atoms with Crippen LogP contribution < -0.4 is 5.32 Å². The number of pyridine rings is 1. The molecule has 1 unspecified atom stereocenters. The molecule has 4 nitrogen and oxygen atoms in total. The fourth-order valence-electron chi connectivity index (χ4n) is 3.52. The van der Waals surface area contributed by atoms with E-state index >= 15 is 0 Å². The summed E-state index contributed by atoms with van der Waals surface area (Å²) in [5.74, 6) is 0.481. The summed E-state index contributed by atoms with van der Waals surface area (Å²) < 4.78 is 1.95. The molecule has 0 spiro atoms. The van der Waals surface area contributed by atoms with Gasteiger partial charge in [-0.15, -0.1) is 0 Å². The summed E-state index contributed by atoms with van der Waals surface area (Å²) in [4.78, 5) is 18.0. The van der Waals surface area contributed by atoms with E-state index in [1.807, 2.05) is 97.2 Å². The number of hydrogen-bond acceptors (Lipinski definition) is 2. The Bertz CT molecular complexity index is 1100. The maximum atomic E-state index is 13.2. The number of nitrogens with zero attached hydrogens (tertiary/aromatic N) is 2. The van der Waals surface area contributed by atoms with Gasteiger partial charge < -0.3 is 5.32 Å². The lowest BCUT2D eigenvalue weighted by Gasteiger charge is -2.16. The van der Waals surface area contributed by atoms with E-state index in [-0.39, 0.29) is 11.8 Å². The number of imidazole rings is 1. The van der Waals surface area contributed by atoms with Crippen molar-refractivity contribution in [3.63, 3.8) is 0 Å². The van der Waals surface area contributed by atoms with Crippen LogP contribution in [0.2, 0.25) is 0 Å². The first-order valence-corrected chi connectivity index (χ1v) is 9.57. The van der Waals surface area contributed by atoms with Crippen LogP contribution in [0.1, 0.15) is 30.4 Å². The second-order valence-corrected chi connectivity index (χ2v) is 6.97. The molecule has 1 amide bonds. The van der Waals surface area contributed by atoms with Crippen molar-refractivity contribution >= 4 is 17.4 Å². The van der Waals surface area contributed by atoms with Gasteiger partial charge in [-0.3, -0.25) is 9.20 Å². The van der Waals surface area contributed by atoms with Gasteiger partial charge >= 0.3 is 0 Å². The summed E-state index contributed by atoms with van der Waals surface area (Å²) in [6.07, 6.45) is 2.69. The highest BCUT2D eigenvalue weighted by atomic mass is 16.2. The molecule has 140 valence electrons. The van der Waals surface area contributed by atoms with Crippen molar-refractivity contribution in [2.24, 2.45) is 0 Å². The van der Waals surface area contributed by atoms with Crippen LogP contribution in [0, 0.1) is 6.92 Å². The van der Waals surface area contributed by atoms with Crippen molar-refractivity contribution in [2.75, 3.05) is 5.32 Å². The predicted molar refractivity (Wildman–Crippen MR) is 113 cm³/mol. The quantitative estimate of drug-likeness (QED) is 0.509. The molecule has 0 saturated carbocycles. The molecular weight excluding hydrogens is 346 g/mol. The molecule has 0 bridgehead atoms. The lowest BCUT2D eigenvalue weighted by molar-refractivity contribution is -0.117. The Labute approximate surface area is 164 Å². The molecule has 0 saturated heterocycles. The summed E-state index contributed by atoms with van der Waals surface area (Å²) in [6.45, 7) is 4.07. The third-order valence-electron chi connectivity index (χ3n) is 5.00. The molecular formula is C24H23N3O. The Kier molecular flexibility index (Phi) is 4.94. The van der Waals surface area contributed by atoms with Gasteiger partial charge in [-0.25, -0.2) is 4.98 Å². The minimum absolute atomic E-state index is 0.0201. The van der Waals surface area contributed by atoms with Crippen LogP contribution in [0.4, 0.5) is 5.82 Å². The molecule has 4 heteroatoms. The number of carbonyl (C=O) groups is 1. The molecule has 4 aromatic rings. The molecule has 0 radical (unpaired) electrons. The zero-order chi connectivity index (χ0) is 19.5. The summed E-state index contributed by atoms with van der Waals surface area (Å²) in [6, 6.07) is 23.9. The zero-order valence-corrected chi connectivity index (χ0v) is 16.1. The van der Waals surface area contributed by atoms with Crippen LogP contribution in [-0.2, 0) is 4.79 Å². The van der Waals surface area contributed by atoms with Crippen LogP contribution in [-0.4, -0.2) is 15.3 Å². The molecule has 0 aliphatic rings. The smallest absolute Gasteiger partial charge is 0.233 e. The maximum absolute atomic E-state index is 13.2. The number of aromatic nitrogens is 2. The van der Waals surface area contributed by atoms with Crippen LogP contribution in [0.5, 0.6) is 0 Å². The molecule has 1 N–H and O–H groups in total. The van der Waals surface area contributed by atoms with E-state index in [0.29, 0.717) is 5.82 Å². The van der Waals surface area contributed by atoms with Gasteiger partial charge in [-0.2, -0.15) is 0 Å². The van der Waals surface area contributed by atoms with E-state index in [1.54, 1.807) is 0 Å². The van der Waals surface area contributed by atoms with Gasteiger partial charge in [0.1, 0.15) is 17.2 Å². The summed E-state index contributed by atoms with van der Waals surface area (Å²) in [7, 11) is 0. The van der Waals surface area contributed by atoms with Crippen molar-refractivity contribution in [1.82, 2.24) is 9.38 Å². The molecule has 4 rings (SSSR count). The number of hydrogen-bond donors (Lipinski definition) is 1. The van der Waals surface area contributed by atoms with Gasteiger partial charge in [-0.05, 0) is 36.6 Å². The van der Waals surface area contributed by atoms with Crippen LogP contribution in [0.3, 0.4) is 0 Å². The van der Waals surface area contributed by atoms with E-state index in [2.05, 4.69) is 5.32 Å². The summed E-state index contributed by atoms with van der Waals surface area (Å²) in [5.41, 5.74) is 4.73. The van der Waals surface area contributed by atoms with Crippen molar-refractivity contribution < 1.29 is 4.79 Å². The van der Waals surface area contributed by atoms with Crippen molar-refractivity contribution in [3.05, 3.63) is 90.1 Å². The number of amides is 1. The fraction of sp³-hybridized carbons (Fsp3) is 0.167. The van der Waals surface area contributed by atoms with Crippen molar-refractivity contribution in [2.45, 2.75) is 26.2 Å². The molecule has 2 aromatic carbocycles. The highest BCUT2D eigenvalue weighted by Crippen LogP contribution is 2.30. The highest BCUT2D eigenvalue weighted by Gasteiger charge is 2.22. The van der Waals surface area contributed by atoms with Crippen LogP contribution in [0.25, 0.3) is 16.9 Å². The third kappa shape index (κ3) is 3.41. The van der Waals surface area contributed by atoms with Crippen molar-refractivity contribution in [1.29, 1.82) is 0 Å². The second-order valence-electron chi connectivity index (χ2n) is 6.97. The lowest BCUT2D eigenvalue weighted by Crippen LogP contribution is -2.21. The first kappa shape index (κ1) is 18.0. The molecule has 0 aliphatic heterocycles. The number of fused-ring (bicyclic) bond motifs is 1. The largest absolute Gasteiger partial charge is 0.309 e. The molecule has 0 aliphatic carbocycles. The maximum Gasteiger partial charge on any atom is 0.233 e. The number of anilines is 1. The standard InChI is InChI=1S/C24H23N3O/c1-3-20(18-10-6-4-7-11-18)24(28)26-23-22(19-12-8-5-9-13-19)25-21-16-17(2)14-15-27(21)23/h4-16,20H,3H2,1-2H3,(H,26,28). The predicted octanol–water partition coefficient (Wildman–Crippen LogP) is 5.44.